The Bertz CT molecular complexity index is 370. The van der Waals surface area contributed by atoms with Crippen molar-refractivity contribution in [2.45, 2.75) is 62.9 Å². The van der Waals surface area contributed by atoms with Gasteiger partial charge in [-0.1, -0.05) is 0 Å². The molecule has 1 saturated carbocycles. The number of nitrogens with one attached hydrogen (secondary N) is 1. The van der Waals surface area contributed by atoms with Crippen molar-refractivity contribution in [2.24, 2.45) is 11.1 Å². The maximum Gasteiger partial charge on any atom is 0.240 e. The molecule has 3 N–H and O–H groups in total. The largest absolute Gasteiger partial charge is 0.381 e. The molecule has 3 rings (SSSR count). The maximum absolute atomic E-state index is 12.4. The minimum atomic E-state index is -0.716. The molecule has 0 unspecified atom stereocenters. The highest BCUT2D eigenvalue weighted by Gasteiger charge is 2.40. The quantitative estimate of drug-likeness (QED) is 0.808. The molecule has 128 valence electrons. The van der Waals surface area contributed by atoms with Gasteiger partial charge in [0.2, 0.25) is 5.91 Å². The van der Waals surface area contributed by atoms with E-state index in [9.17, 15) is 4.79 Å². The van der Waals surface area contributed by atoms with Crippen molar-refractivity contribution < 1.29 is 14.3 Å². The van der Waals surface area contributed by atoms with Crippen molar-refractivity contribution in [3.8, 4) is 0 Å². The highest BCUT2D eigenvalue weighted by atomic mass is 35.5. The molecule has 3 fully saturated rings. The first-order valence-electron chi connectivity index (χ1n) is 8.37. The first-order valence-corrected chi connectivity index (χ1v) is 8.37. The molecule has 0 radical (unpaired) electrons. The highest BCUT2D eigenvalue weighted by Crippen LogP contribution is 2.44. The average Bonchev–Trinajstić information content (AvgIpc) is 2.51. The Labute approximate surface area is 139 Å². The summed E-state index contributed by atoms with van der Waals surface area (Å²) < 4.78 is 10.8. The van der Waals surface area contributed by atoms with Gasteiger partial charge in [-0.2, -0.15) is 0 Å². The van der Waals surface area contributed by atoms with Crippen molar-refractivity contribution in [3.05, 3.63) is 0 Å². The van der Waals surface area contributed by atoms with Crippen LogP contribution in [0.15, 0.2) is 0 Å². The van der Waals surface area contributed by atoms with E-state index in [1.165, 1.54) is 25.7 Å². The van der Waals surface area contributed by atoms with Crippen molar-refractivity contribution in [1.82, 2.24) is 5.32 Å². The van der Waals surface area contributed by atoms with E-state index in [-0.39, 0.29) is 18.3 Å². The number of rotatable bonds is 2. The molecule has 2 saturated heterocycles. The molecule has 22 heavy (non-hydrogen) atoms. The predicted octanol–water partition coefficient (Wildman–Crippen LogP) is 1.77. The van der Waals surface area contributed by atoms with Crippen LogP contribution < -0.4 is 11.1 Å². The Kier molecular flexibility index (Phi) is 6.11. The van der Waals surface area contributed by atoms with Crippen LogP contribution in [0.4, 0.5) is 0 Å². The third-order valence-corrected chi connectivity index (χ3v) is 5.77. The van der Waals surface area contributed by atoms with Gasteiger partial charge in [-0.3, -0.25) is 4.79 Å². The summed E-state index contributed by atoms with van der Waals surface area (Å²) in [4.78, 5) is 12.4. The Balaban J connectivity index is 0.00000176. The Hall–Kier alpha value is -0.360. The Morgan fingerprint density at radius 3 is 1.95 bits per heavy atom. The van der Waals surface area contributed by atoms with Crippen LogP contribution in [-0.2, 0) is 14.3 Å². The van der Waals surface area contributed by atoms with Crippen molar-refractivity contribution in [1.29, 1.82) is 0 Å². The van der Waals surface area contributed by atoms with Gasteiger partial charge >= 0.3 is 0 Å². The first-order chi connectivity index (χ1) is 10.1. The van der Waals surface area contributed by atoms with Crippen LogP contribution >= 0.6 is 12.4 Å². The summed E-state index contributed by atoms with van der Waals surface area (Å²) in [6.45, 7) is 3.00. The van der Waals surface area contributed by atoms with E-state index < -0.39 is 5.54 Å². The van der Waals surface area contributed by atoms with Gasteiger partial charge in [-0.05, 0) is 56.8 Å². The van der Waals surface area contributed by atoms with Gasteiger partial charge in [0.25, 0.3) is 0 Å². The van der Waals surface area contributed by atoms with Crippen LogP contribution in [0, 0.1) is 5.41 Å². The smallest absolute Gasteiger partial charge is 0.240 e. The summed E-state index contributed by atoms with van der Waals surface area (Å²) in [6, 6.07) is 0.300. The second kappa shape index (κ2) is 7.47. The second-order valence-electron chi connectivity index (χ2n) is 7.13. The van der Waals surface area contributed by atoms with Crippen LogP contribution in [0.2, 0.25) is 0 Å². The molecule has 1 spiro atoms. The van der Waals surface area contributed by atoms with Crippen molar-refractivity contribution in [3.63, 3.8) is 0 Å². The SMILES string of the molecule is Cl.NC1(C(=O)NC2CCC3(CCOCC3)CC2)CCOCC1. The topological polar surface area (TPSA) is 73.6 Å². The summed E-state index contributed by atoms with van der Waals surface area (Å²) in [6.07, 6.45) is 8.22. The predicted molar refractivity (Wildman–Crippen MR) is 87.1 cm³/mol. The molecule has 0 bridgehead atoms. The molecule has 5 nitrogen and oxygen atoms in total. The molecule has 0 aromatic carbocycles. The van der Waals surface area contributed by atoms with Crippen LogP contribution in [0.5, 0.6) is 0 Å². The standard InChI is InChI=1S/C16H28N2O3.ClH/c17-16(7-11-21-12-8-16)14(19)18-13-1-3-15(4-2-13)5-9-20-10-6-15;/h13H,1-12,17H2,(H,18,19);1H. The number of carbonyl (C=O) groups is 1. The minimum Gasteiger partial charge on any atom is -0.381 e. The van der Waals surface area contributed by atoms with Gasteiger partial charge < -0.3 is 20.5 Å². The maximum atomic E-state index is 12.4. The fourth-order valence-corrected chi connectivity index (χ4v) is 3.97. The molecular formula is C16H29ClN2O3. The molecule has 0 aromatic rings. The van der Waals surface area contributed by atoms with Crippen LogP contribution in [0.25, 0.3) is 0 Å². The van der Waals surface area contributed by atoms with Gasteiger partial charge in [-0.15, -0.1) is 12.4 Å². The third-order valence-electron chi connectivity index (χ3n) is 5.77. The molecule has 0 atom stereocenters. The van der Waals surface area contributed by atoms with Gasteiger partial charge in [-0.25, -0.2) is 0 Å². The molecule has 6 heteroatoms. The van der Waals surface area contributed by atoms with Gasteiger partial charge in [0.1, 0.15) is 0 Å². The number of ether oxygens (including phenoxy) is 2. The molecular weight excluding hydrogens is 304 g/mol. The fraction of sp³-hybridized carbons (Fsp3) is 0.938. The molecule has 1 amide bonds. The first kappa shape index (κ1) is 18.0. The number of hydrogen-bond donors (Lipinski definition) is 2. The summed E-state index contributed by atoms with van der Waals surface area (Å²) in [7, 11) is 0. The summed E-state index contributed by atoms with van der Waals surface area (Å²) in [5.41, 5.74) is 6.02. The van der Waals surface area contributed by atoms with E-state index in [1.807, 2.05) is 0 Å². The summed E-state index contributed by atoms with van der Waals surface area (Å²) in [5, 5.41) is 3.20. The molecule has 2 aliphatic heterocycles. The van der Waals surface area contributed by atoms with Gasteiger partial charge in [0.15, 0.2) is 0 Å². The number of carbonyl (C=O) groups excluding carboxylic acids is 1. The van der Waals surface area contributed by atoms with Gasteiger partial charge in [0, 0.05) is 32.5 Å². The lowest BCUT2D eigenvalue weighted by Gasteiger charge is -2.43. The summed E-state index contributed by atoms with van der Waals surface area (Å²) in [5.74, 6) is 0.0266. The molecule has 2 heterocycles. The zero-order chi connectivity index (χ0) is 14.8. The van der Waals surface area contributed by atoms with Crippen molar-refractivity contribution in [2.75, 3.05) is 26.4 Å². The van der Waals surface area contributed by atoms with Crippen LogP contribution in [0.3, 0.4) is 0 Å². The van der Waals surface area contributed by atoms with Crippen LogP contribution in [0.1, 0.15) is 51.4 Å². The van der Waals surface area contributed by atoms with E-state index in [1.54, 1.807) is 0 Å². The van der Waals surface area contributed by atoms with E-state index in [2.05, 4.69) is 5.32 Å². The number of nitrogens with two attached hydrogens (primary N) is 1. The lowest BCUT2D eigenvalue weighted by atomic mass is 9.68. The number of halogens is 1. The van der Waals surface area contributed by atoms with Gasteiger partial charge in [0.05, 0.1) is 5.54 Å². The number of amides is 1. The molecule has 3 aliphatic rings. The Morgan fingerprint density at radius 2 is 1.41 bits per heavy atom. The van der Waals surface area contributed by atoms with E-state index >= 15 is 0 Å². The zero-order valence-electron chi connectivity index (χ0n) is 13.3. The monoisotopic (exact) mass is 332 g/mol. The molecule has 1 aliphatic carbocycles. The average molecular weight is 333 g/mol. The fourth-order valence-electron chi connectivity index (χ4n) is 3.97. The van der Waals surface area contributed by atoms with Crippen molar-refractivity contribution >= 4 is 18.3 Å². The normalized spacial score (nSPS) is 27.9. The van der Waals surface area contributed by atoms with Crippen LogP contribution in [-0.4, -0.2) is 43.9 Å². The van der Waals surface area contributed by atoms with E-state index in [0.717, 1.165) is 26.1 Å². The third kappa shape index (κ3) is 3.94. The summed E-state index contributed by atoms with van der Waals surface area (Å²) >= 11 is 0. The van der Waals surface area contributed by atoms with E-state index in [0.29, 0.717) is 37.5 Å². The minimum absolute atomic E-state index is 0. The lowest BCUT2D eigenvalue weighted by molar-refractivity contribution is -0.131. The number of hydrogen-bond acceptors (Lipinski definition) is 4. The Morgan fingerprint density at radius 1 is 0.909 bits per heavy atom. The lowest BCUT2D eigenvalue weighted by Crippen LogP contribution is -2.59. The molecule has 0 aromatic heterocycles. The highest BCUT2D eigenvalue weighted by molar-refractivity contribution is 5.86. The second-order valence-corrected chi connectivity index (χ2v) is 7.13. The van der Waals surface area contributed by atoms with E-state index in [4.69, 9.17) is 15.2 Å². The zero-order valence-corrected chi connectivity index (χ0v) is 14.1.